The topological polar surface area (TPSA) is 49.6 Å². The lowest BCUT2D eigenvalue weighted by atomic mass is 9.87. The Morgan fingerprint density at radius 2 is 1.85 bits per heavy atom. The molecule has 0 aromatic heterocycles. The van der Waals surface area contributed by atoms with Crippen LogP contribution in [0.2, 0.25) is 0 Å². The molecule has 0 aromatic rings. The number of amides is 1. The summed E-state index contributed by atoms with van der Waals surface area (Å²) in [6, 6.07) is -0.0120. The molecule has 1 aliphatic rings. The van der Waals surface area contributed by atoms with Crippen LogP contribution in [0.5, 0.6) is 0 Å². The van der Waals surface area contributed by atoms with Gasteiger partial charge in [-0.3, -0.25) is 4.79 Å². The molecule has 2 N–H and O–H groups in total. The summed E-state index contributed by atoms with van der Waals surface area (Å²) in [7, 11) is 4.23. The summed E-state index contributed by atoms with van der Waals surface area (Å²) in [4.78, 5) is 16.5. The van der Waals surface area contributed by atoms with Crippen LogP contribution in [0.25, 0.3) is 0 Å². The minimum absolute atomic E-state index is 0.0120. The molecule has 4 heteroatoms. The van der Waals surface area contributed by atoms with E-state index < -0.39 is 0 Å². The van der Waals surface area contributed by atoms with Crippen LogP contribution in [0.1, 0.15) is 46.5 Å². The van der Waals surface area contributed by atoms with Crippen molar-refractivity contribution in [2.24, 2.45) is 17.1 Å². The number of nitrogens with zero attached hydrogens (tertiary/aromatic N) is 2. The molecular weight excluding hydrogens is 250 g/mol. The molecule has 1 aliphatic heterocycles. The van der Waals surface area contributed by atoms with E-state index in [-0.39, 0.29) is 17.4 Å². The van der Waals surface area contributed by atoms with Crippen LogP contribution in [0.3, 0.4) is 0 Å². The van der Waals surface area contributed by atoms with Crippen LogP contribution in [0, 0.1) is 11.3 Å². The molecule has 0 radical (unpaired) electrons. The zero-order valence-electron chi connectivity index (χ0n) is 14.0. The highest BCUT2D eigenvalue weighted by molar-refractivity contribution is 5.76. The van der Waals surface area contributed by atoms with Gasteiger partial charge in [-0.1, -0.05) is 20.8 Å². The van der Waals surface area contributed by atoms with Gasteiger partial charge in [-0.15, -0.1) is 0 Å². The van der Waals surface area contributed by atoms with Crippen LogP contribution in [-0.4, -0.2) is 55.5 Å². The molecule has 1 amide bonds. The highest BCUT2D eigenvalue weighted by Crippen LogP contribution is 2.23. The Morgan fingerprint density at radius 1 is 1.30 bits per heavy atom. The number of hydrogen-bond acceptors (Lipinski definition) is 3. The van der Waals surface area contributed by atoms with Crippen molar-refractivity contribution in [1.82, 2.24) is 9.80 Å². The number of carbonyl (C=O) groups is 1. The molecule has 0 saturated carbocycles. The third-order valence-electron chi connectivity index (χ3n) is 3.90. The number of rotatable bonds is 5. The summed E-state index contributed by atoms with van der Waals surface area (Å²) in [6.07, 6.45) is 3.64. The van der Waals surface area contributed by atoms with Crippen molar-refractivity contribution >= 4 is 5.91 Å². The molecule has 0 aromatic carbocycles. The predicted molar refractivity (Wildman–Crippen MR) is 84.5 cm³/mol. The molecule has 0 spiro atoms. The van der Waals surface area contributed by atoms with Gasteiger partial charge in [-0.25, -0.2) is 0 Å². The van der Waals surface area contributed by atoms with Gasteiger partial charge in [0, 0.05) is 32.1 Å². The van der Waals surface area contributed by atoms with E-state index in [1.54, 1.807) is 0 Å². The fourth-order valence-corrected chi connectivity index (χ4v) is 3.09. The van der Waals surface area contributed by atoms with Gasteiger partial charge in [-0.2, -0.15) is 0 Å². The third-order valence-corrected chi connectivity index (χ3v) is 3.90. The van der Waals surface area contributed by atoms with Gasteiger partial charge in [0.1, 0.15) is 0 Å². The molecule has 20 heavy (non-hydrogen) atoms. The van der Waals surface area contributed by atoms with Gasteiger partial charge in [0.2, 0.25) is 5.91 Å². The lowest BCUT2D eigenvalue weighted by Gasteiger charge is -2.34. The van der Waals surface area contributed by atoms with Crippen LogP contribution in [0.4, 0.5) is 0 Å². The molecule has 1 heterocycles. The van der Waals surface area contributed by atoms with Crippen LogP contribution >= 0.6 is 0 Å². The van der Waals surface area contributed by atoms with Gasteiger partial charge >= 0.3 is 0 Å². The first-order chi connectivity index (χ1) is 9.17. The first-order valence-corrected chi connectivity index (χ1v) is 7.85. The largest absolute Gasteiger partial charge is 0.343 e. The predicted octanol–water partition coefficient (Wildman–Crippen LogP) is 1.94. The van der Waals surface area contributed by atoms with E-state index in [4.69, 9.17) is 5.73 Å². The van der Waals surface area contributed by atoms with Crippen molar-refractivity contribution in [3.05, 3.63) is 0 Å². The minimum Gasteiger partial charge on any atom is -0.343 e. The summed E-state index contributed by atoms with van der Waals surface area (Å²) in [5, 5.41) is 0. The lowest BCUT2D eigenvalue weighted by molar-refractivity contribution is -0.133. The van der Waals surface area contributed by atoms with Crippen molar-refractivity contribution < 1.29 is 4.79 Å². The Labute approximate surface area is 124 Å². The quantitative estimate of drug-likeness (QED) is 0.839. The van der Waals surface area contributed by atoms with Crippen LogP contribution in [0.15, 0.2) is 0 Å². The average Bonchev–Trinajstić information content (AvgIpc) is 2.26. The number of nitrogens with two attached hydrogens (primary N) is 1. The number of carbonyl (C=O) groups excluding carboxylic acids is 1. The molecule has 0 bridgehead atoms. The molecule has 1 atom stereocenters. The van der Waals surface area contributed by atoms with E-state index >= 15 is 0 Å². The van der Waals surface area contributed by atoms with E-state index in [2.05, 4.69) is 39.8 Å². The summed E-state index contributed by atoms with van der Waals surface area (Å²) in [6.45, 7) is 9.45. The number of piperidine rings is 1. The maximum absolute atomic E-state index is 12.3. The maximum Gasteiger partial charge on any atom is 0.224 e. The molecule has 1 saturated heterocycles. The normalized spacial score (nSPS) is 19.4. The fourth-order valence-electron chi connectivity index (χ4n) is 3.09. The molecule has 1 rings (SSSR count). The Bertz CT molecular complexity index is 301. The number of hydrogen-bond donors (Lipinski definition) is 1. The van der Waals surface area contributed by atoms with Gasteiger partial charge in [0.05, 0.1) is 0 Å². The maximum atomic E-state index is 12.3. The SMILES string of the molecule is CN(C)CC1CCN(C(=O)CC(N)CC(C)(C)C)CC1. The molecular formula is C16H33N3O. The molecule has 1 fully saturated rings. The Kier molecular flexibility index (Phi) is 6.46. The zero-order chi connectivity index (χ0) is 15.3. The Morgan fingerprint density at radius 3 is 2.30 bits per heavy atom. The Hall–Kier alpha value is -0.610. The standard InChI is InChI=1S/C16H33N3O/c1-16(2,3)11-14(17)10-15(20)19-8-6-13(7-9-19)12-18(4)5/h13-14H,6-12,17H2,1-5H3. The van der Waals surface area contributed by atoms with E-state index in [1.165, 1.54) is 0 Å². The summed E-state index contributed by atoms with van der Waals surface area (Å²) < 4.78 is 0. The highest BCUT2D eigenvalue weighted by atomic mass is 16.2. The summed E-state index contributed by atoms with van der Waals surface area (Å²) in [5.74, 6) is 0.974. The van der Waals surface area contributed by atoms with Crippen molar-refractivity contribution in [2.75, 3.05) is 33.7 Å². The van der Waals surface area contributed by atoms with Gasteiger partial charge < -0.3 is 15.5 Å². The minimum atomic E-state index is -0.0120. The average molecular weight is 283 g/mol. The molecule has 4 nitrogen and oxygen atoms in total. The van der Waals surface area contributed by atoms with Crippen LogP contribution < -0.4 is 5.73 Å². The fraction of sp³-hybridized carbons (Fsp3) is 0.938. The first kappa shape index (κ1) is 17.4. The van der Waals surface area contributed by atoms with Crippen molar-refractivity contribution in [3.8, 4) is 0 Å². The Balaban J connectivity index is 2.32. The molecule has 0 aliphatic carbocycles. The van der Waals surface area contributed by atoms with Gasteiger partial charge in [0.25, 0.3) is 0 Å². The van der Waals surface area contributed by atoms with Crippen LogP contribution in [-0.2, 0) is 4.79 Å². The summed E-state index contributed by atoms with van der Waals surface area (Å²) >= 11 is 0. The van der Waals surface area contributed by atoms with Crippen molar-refractivity contribution in [1.29, 1.82) is 0 Å². The smallest absolute Gasteiger partial charge is 0.224 e. The zero-order valence-corrected chi connectivity index (χ0v) is 14.0. The first-order valence-electron chi connectivity index (χ1n) is 7.85. The van der Waals surface area contributed by atoms with Crippen molar-refractivity contribution in [2.45, 2.75) is 52.5 Å². The second-order valence-electron chi connectivity index (χ2n) is 7.82. The van der Waals surface area contributed by atoms with E-state index in [0.29, 0.717) is 6.42 Å². The molecule has 118 valence electrons. The van der Waals surface area contributed by atoms with Gasteiger partial charge in [-0.05, 0) is 44.7 Å². The van der Waals surface area contributed by atoms with Gasteiger partial charge in [0.15, 0.2) is 0 Å². The third kappa shape index (κ3) is 6.71. The second kappa shape index (κ2) is 7.41. The summed E-state index contributed by atoms with van der Waals surface area (Å²) in [5.41, 5.74) is 6.30. The van der Waals surface area contributed by atoms with E-state index in [9.17, 15) is 4.79 Å². The monoisotopic (exact) mass is 283 g/mol. The molecule has 1 unspecified atom stereocenters. The van der Waals surface area contributed by atoms with E-state index in [0.717, 1.165) is 44.8 Å². The van der Waals surface area contributed by atoms with E-state index in [1.807, 2.05) is 4.90 Å². The van der Waals surface area contributed by atoms with Crippen molar-refractivity contribution in [3.63, 3.8) is 0 Å². The number of likely N-dealkylation sites (tertiary alicyclic amines) is 1. The lowest BCUT2D eigenvalue weighted by Crippen LogP contribution is -2.43. The second-order valence-corrected chi connectivity index (χ2v) is 7.82. The highest BCUT2D eigenvalue weighted by Gasteiger charge is 2.25.